The highest BCUT2D eigenvalue weighted by Gasteiger charge is 2.10. The molecule has 0 aliphatic carbocycles. The largest absolute Gasteiger partial charge is 0.478 e. The van der Waals surface area contributed by atoms with Crippen LogP contribution in [0.4, 0.5) is 0 Å². The van der Waals surface area contributed by atoms with E-state index in [1.54, 1.807) is 12.3 Å². The summed E-state index contributed by atoms with van der Waals surface area (Å²) in [6.45, 7) is 3.91. The summed E-state index contributed by atoms with van der Waals surface area (Å²) >= 11 is 0. The molecular weight excluding hydrogens is 368 g/mol. The molecular formula is C23H20N2O4. The number of carbonyl (C=O) groups excluding carboxylic acids is 1. The van der Waals surface area contributed by atoms with Crippen molar-refractivity contribution in [3.63, 3.8) is 0 Å². The van der Waals surface area contributed by atoms with Crippen LogP contribution in [0.25, 0.3) is 21.8 Å². The van der Waals surface area contributed by atoms with E-state index >= 15 is 0 Å². The first-order chi connectivity index (χ1) is 13.9. The monoisotopic (exact) mass is 388 g/mol. The number of ether oxygens (including phenoxy) is 1. The van der Waals surface area contributed by atoms with E-state index in [9.17, 15) is 9.59 Å². The third-order valence-corrected chi connectivity index (χ3v) is 4.43. The Morgan fingerprint density at radius 2 is 1.28 bits per heavy atom. The van der Waals surface area contributed by atoms with Crippen LogP contribution in [0.3, 0.4) is 0 Å². The van der Waals surface area contributed by atoms with Crippen molar-refractivity contribution in [1.29, 1.82) is 0 Å². The molecule has 0 unspecified atom stereocenters. The van der Waals surface area contributed by atoms with E-state index in [0.29, 0.717) is 16.5 Å². The second kappa shape index (κ2) is 8.48. The quantitative estimate of drug-likeness (QED) is 0.506. The summed E-state index contributed by atoms with van der Waals surface area (Å²) in [4.78, 5) is 30.7. The van der Waals surface area contributed by atoms with E-state index in [-0.39, 0.29) is 5.97 Å². The summed E-state index contributed by atoms with van der Waals surface area (Å²) in [5.74, 6) is -1.24. The van der Waals surface area contributed by atoms with Gasteiger partial charge in [-0.1, -0.05) is 23.3 Å². The van der Waals surface area contributed by atoms with Crippen molar-refractivity contribution in [3.8, 4) is 0 Å². The number of aromatic carboxylic acids is 1. The van der Waals surface area contributed by atoms with Crippen LogP contribution in [0.5, 0.6) is 0 Å². The fraction of sp³-hybridized carbons (Fsp3) is 0.130. The van der Waals surface area contributed by atoms with Gasteiger partial charge in [0.05, 0.1) is 29.3 Å². The molecule has 146 valence electrons. The number of carbonyl (C=O) groups is 2. The van der Waals surface area contributed by atoms with Crippen LogP contribution in [0.15, 0.2) is 60.9 Å². The molecule has 4 aromatic rings. The van der Waals surface area contributed by atoms with Gasteiger partial charge in [0.15, 0.2) is 0 Å². The minimum absolute atomic E-state index is 0.304. The van der Waals surface area contributed by atoms with Crippen LogP contribution in [0.2, 0.25) is 0 Å². The molecule has 2 heterocycles. The van der Waals surface area contributed by atoms with Gasteiger partial charge >= 0.3 is 11.9 Å². The van der Waals surface area contributed by atoms with Gasteiger partial charge in [0, 0.05) is 23.2 Å². The highest BCUT2D eigenvalue weighted by atomic mass is 16.5. The molecule has 2 aromatic carbocycles. The molecule has 0 saturated carbocycles. The third kappa shape index (κ3) is 4.38. The van der Waals surface area contributed by atoms with Gasteiger partial charge in [0.1, 0.15) is 0 Å². The second-order valence-electron chi connectivity index (χ2n) is 6.55. The SMILES string of the molecule is COC(=O)c1ccnc2ccc(C)cc12.Cc1ccc2nccc(C(=O)O)c2c1. The topological polar surface area (TPSA) is 89.4 Å². The molecule has 0 amide bonds. The molecule has 0 atom stereocenters. The number of esters is 1. The smallest absolute Gasteiger partial charge is 0.338 e. The number of pyridine rings is 2. The first kappa shape index (κ1) is 19.9. The van der Waals surface area contributed by atoms with Gasteiger partial charge in [-0.2, -0.15) is 0 Å². The Bertz CT molecular complexity index is 1220. The van der Waals surface area contributed by atoms with Crippen molar-refractivity contribution in [2.45, 2.75) is 13.8 Å². The normalized spacial score (nSPS) is 10.3. The predicted octanol–water partition coefficient (Wildman–Crippen LogP) is 4.57. The minimum atomic E-state index is -0.914. The van der Waals surface area contributed by atoms with E-state index in [1.165, 1.54) is 19.4 Å². The lowest BCUT2D eigenvalue weighted by Gasteiger charge is -2.04. The number of fused-ring (bicyclic) bond motifs is 2. The van der Waals surface area contributed by atoms with Gasteiger partial charge in [-0.05, 0) is 50.2 Å². The average molecular weight is 388 g/mol. The zero-order valence-corrected chi connectivity index (χ0v) is 16.3. The molecule has 6 heteroatoms. The predicted molar refractivity (Wildman–Crippen MR) is 111 cm³/mol. The third-order valence-electron chi connectivity index (χ3n) is 4.43. The maximum Gasteiger partial charge on any atom is 0.338 e. The summed E-state index contributed by atoms with van der Waals surface area (Å²) < 4.78 is 4.72. The molecule has 0 fully saturated rings. The van der Waals surface area contributed by atoms with Crippen molar-refractivity contribution in [2.24, 2.45) is 0 Å². The maximum atomic E-state index is 11.5. The number of hydrogen-bond acceptors (Lipinski definition) is 5. The van der Waals surface area contributed by atoms with E-state index in [1.807, 2.05) is 50.2 Å². The van der Waals surface area contributed by atoms with Crippen LogP contribution >= 0.6 is 0 Å². The standard InChI is InChI=1S/C12H11NO2.C11H9NO2/c1-8-3-4-11-10(7-8)9(5-6-13-11)12(14)15-2;1-7-2-3-10-9(6-7)8(11(13)14)4-5-12-10/h3-7H,1-2H3;2-6H,1H3,(H,13,14). The van der Waals surface area contributed by atoms with Crippen molar-refractivity contribution in [3.05, 3.63) is 83.2 Å². The first-order valence-electron chi connectivity index (χ1n) is 8.93. The molecule has 6 nitrogen and oxygen atoms in total. The number of carboxylic acid groups (broad SMARTS) is 1. The lowest BCUT2D eigenvalue weighted by Crippen LogP contribution is -2.02. The minimum Gasteiger partial charge on any atom is -0.478 e. The van der Waals surface area contributed by atoms with E-state index < -0.39 is 5.97 Å². The molecule has 4 rings (SSSR count). The molecule has 0 aliphatic heterocycles. The summed E-state index contributed by atoms with van der Waals surface area (Å²) in [5, 5.41) is 10.5. The molecule has 29 heavy (non-hydrogen) atoms. The van der Waals surface area contributed by atoms with Crippen LogP contribution in [-0.4, -0.2) is 34.1 Å². The van der Waals surface area contributed by atoms with Gasteiger partial charge in [-0.3, -0.25) is 9.97 Å². The lowest BCUT2D eigenvalue weighted by molar-refractivity contribution is 0.0602. The van der Waals surface area contributed by atoms with Gasteiger partial charge in [0.2, 0.25) is 0 Å². The fourth-order valence-electron chi connectivity index (χ4n) is 2.99. The lowest BCUT2D eigenvalue weighted by atomic mass is 10.1. The molecule has 0 aliphatic rings. The Morgan fingerprint density at radius 1 is 0.793 bits per heavy atom. The number of methoxy groups -OCH3 is 1. The number of aryl methyl sites for hydroxylation is 2. The van der Waals surface area contributed by atoms with Gasteiger partial charge in [-0.25, -0.2) is 9.59 Å². The molecule has 1 N–H and O–H groups in total. The van der Waals surface area contributed by atoms with Gasteiger partial charge in [0.25, 0.3) is 0 Å². The molecule has 0 radical (unpaired) electrons. The van der Waals surface area contributed by atoms with Gasteiger partial charge < -0.3 is 9.84 Å². The van der Waals surface area contributed by atoms with E-state index in [0.717, 1.165) is 27.5 Å². The number of rotatable bonds is 2. The Labute approximate surface area is 167 Å². The number of carboxylic acids is 1. The summed E-state index contributed by atoms with van der Waals surface area (Å²) in [6, 6.07) is 14.6. The number of aromatic nitrogens is 2. The Hall–Kier alpha value is -3.80. The first-order valence-corrected chi connectivity index (χ1v) is 8.93. The Balaban J connectivity index is 0.000000166. The average Bonchev–Trinajstić information content (AvgIpc) is 2.72. The number of nitrogens with zero attached hydrogens (tertiary/aromatic N) is 2. The molecule has 0 spiro atoms. The van der Waals surface area contributed by atoms with Crippen LogP contribution < -0.4 is 0 Å². The Kier molecular flexibility index (Phi) is 5.83. The van der Waals surface area contributed by atoms with Crippen molar-refractivity contribution >= 4 is 33.7 Å². The zero-order valence-electron chi connectivity index (χ0n) is 16.3. The summed E-state index contributed by atoms with van der Waals surface area (Å²) in [7, 11) is 1.38. The van der Waals surface area contributed by atoms with Crippen molar-refractivity contribution < 1.29 is 19.4 Å². The van der Waals surface area contributed by atoms with Crippen LogP contribution in [0.1, 0.15) is 31.8 Å². The Morgan fingerprint density at radius 3 is 1.76 bits per heavy atom. The fourth-order valence-corrected chi connectivity index (χ4v) is 2.99. The molecule has 0 bridgehead atoms. The van der Waals surface area contributed by atoms with Crippen LogP contribution in [0, 0.1) is 13.8 Å². The molecule has 2 aromatic heterocycles. The molecule has 0 saturated heterocycles. The highest BCUT2D eigenvalue weighted by Crippen LogP contribution is 2.19. The summed E-state index contributed by atoms with van der Waals surface area (Å²) in [5.41, 5.74) is 4.53. The second-order valence-corrected chi connectivity index (χ2v) is 6.55. The zero-order chi connectivity index (χ0) is 21.0. The number of hydrogen-bond donors (Lipinski definition) is 1. The summed E-state index contributed by atoms with van der Waals surface area (Å²) in [6.07, 6.45) is 3.13. The van der Waals surface area contributed by atoms with E-state index in [4.69, 9.17) is 9.84 Å². The highest BCUT2D eigenvalue weighted by molar-refractivity contribution is 6.03. The number of benzene rings is 2. The van der Waals surface area contributed by atoms with E-state index in [2.05, 4.69) is 9.97 Å². The maximum absolute atomic E-state index is 11.5. The van der Waals surface area contributed by atoms with Gasteiger partial charge in [-0.15, -0.1) is 0 Å². The van der Waals surface area contributed by atoms with Crippen LogP contribution in [-0.2, 0) is 4.74 Å². The van der Waals surface area contributed by atoms with Crippen molar-refractivity contribution in [1.82, 2.24) is 9.97 Å². The van der Waals surface area contributed by atoms with Crippen molar-refractivity contribution in [2.75, 3.05) is 7.11 Å².